The quantitative estimate of drug-likeness (QED) is 0.860. The molecule has 0 spiro atoms. The van der Waals surface area contributed by atoms with Crippen molar-refractivity contribution >= 4 is 32.1 Å². The molecule has 0 heterocycles. The Morgan fingerprint density at radius 1 is 1.36 bits per heavy atom. The van der Waals surface area contributed by atoms with Gasteiger partial charge in [0.25, 0.3) is 0 Å². The van der Waals surface area contributed by atoms with Gasteiger partial charge in [-0.05, 0) is 17.2 Å². The van der Waals surface area contributed by atoms with Gasteiger partial charge in [0.05, 0.1) is 4.90 Å². The van der Waals surface area contributed by atoms with E-state index >= 15 is 0 Å². The van der Waals surface area contributed by atoms with Gasteiger partial charge < -0.3 is 4.55 Å². The third-order valence-electron chi connectivity index (χ3n) is 1.80. The van der Waals surface area contributed by atoms with Crippen LogP contribution in [0.2, 0.25) is 0 Å². The smallest absolute Gasteiger partial charge is 0.171 e. The van der Waals surface area contributed by atoms with Crippen LogP contribution < -0.4 is 0 Å². The monoisotopic (exact) mass is 226 g/mol. The predicted molar refractivity (Wildman–Crippen MR) is 63.0 cm³/mol. The maximum absolute atomic E-state index is 11.3. The molecule has 0 saturated heterocycles. The highest BCUT2D eigenvalue weighted by molar-refractivity contribution is 8.29. The van der Waals surface area contributed by atoms with E-state index in [1.807, 2.05) is 0 Å². The molecule has 0 fully saturated rings. The standard InChI is InChI=1S/C10H10O2S2/c1-3-8-6-5-7-10(9(8)4-2)14(11,12)13/h3-7H,1-2H2,(H,11,12,13). The Bertz CT molecular complexity index is 473. The van der Waals surface area contributed by atoms with Crippen LogP contribution in [0.3, 0.4) is 0 Å². The number of benzene rings is 1. The van der Waals surface area contributed by atoms with E-state index in [1.165, 1.54) is 12.1 Å². The maximum Gasteiger partial charge on any atom is 0.171 e. The van der Waals surface area contributed by atoms with E-state index in [9.17, 15) is 8.76 Å². The lowest BCUT2D eigenvalue weighted by atomic mass is 10.1. The van der Waals surface area contributed by atoms with Crippen LogP contribution in [-0.4, -0.2) is 8.76 Å². The van der Waals surface area contributed by atoms with E-state index in [0.29, 0.717) is 5.56 Å². The first kappa shape index (κ1) is 11.1. The van der Waals surface area contributed by atoms with Crippen molar-refractivity contribution in [2.45, 2.75) is 4.90 Å². The molecule has 1 aromatic carbocycles. The van der Waals surface area contributed by atoms with Crippen LogP contribution in [0.5, 0.6) is 0 Å². The molecule has 0 aliphatic heterocycles. The van der Waals surface area contributed by atoms with E-state index in [-0.39, 0.29) is 4.90 Å². The second kappa shape index (κ2) is 4.04. The van der Waals surface area contributed by atoms with E-state index in [0.717, 1.165) is 5.56 Å². The topological polar surface area (TPSA) is 37.3 Å². The zero-order chi connectivity index (χ0) is 10.8. The summed E-state index contributed by atoms with van der Waals surface area (Å²) in [4.78, 5) is 0.222. The summed E-state index contributed by atoms with van der Waals surface area (Å²) in [5.74, 6) is 0. The summed E-state index contributed by atoms with van der Waals surface area (Å²) in [5.41, 5.74) is 1.33. The molecule has 0 radical (unpaired) electrons. The van der Waals surface area contributed by atoms with Crippen molar-refractivity contribution in [3.63, 3.8) is 0 Å². The lowest BCUT2D eigenvalue weighted by molar-refractivity contribution is 0.561. The fraction of sp³-hybridized carbons (Fsp3) is 0. The Kier molecular flexibility index (Phi) is 3.21. The largest absolute Gasteiger partial charge is 0.302 e. The predicted octanol–water partition coefficient (Wildman–Crippen LogP) is 2.55. The molecular weight excluding hydrogens is 216 g/mol. The molecule has 0 saturated carbocycles. The molecule has 1 unspecified atom stereocenters. The van der Waals surface area contributed by atoms with Crippen LogP contribution in [0.15, 0.2) is 36.3 Å². The first-order chi connectivity index (χ1) is 6.50. The number of hydrogen-bond acceptors (Lipinski definition) is 2. The number of rotatable bonds is 3. The lowest BCUT2D eigenvalue weighted by Gasteiger charge is -2.07. The SMILES string of the molecule is C=Cc1cccc(S(=O)(O)=S)c1C=C. The second-order valence-electron chi connectivity index (χ2n) is 2.64. The van der Waals surface area contributed by atoms with Crippen molar-refractivity contribution in [2.24, 2.45) is 0 Å². The van der Waals surface area contributed by atoms with E-state index in [2.05, 4.69) is 24.3 Å². The summed E-state index contributed by atoms with van der Waals surface area (Å²) < 4.78 is 20.6. The first-order valence-corrected chi connectivity index (χ1v) is 6.30. The molecule has 0 aliphatic carbocycles. The average molecular weight is 226 g/mol. The summed E-state index contributed by atoms with van der Waals surface area (Å²) in [6, 6.07) is 4.98. The van der Waals surface area contributed by atoms with Gasteiger partial charge in [-0.25, -0.2) is 4.21 Å². The van der Waals surface area contributed by atoms with Gasteiger partial charge in [-0.15, -0.1) is 0 Å². The fourth-order valence-electron chi connectivity index (χ4n) is 1.18. The molecule has 0 amide bonds. The molecule has 1 atom stereocenters. The van der Waals surface area contributed by atoms with Gasteiger partial charge in [-0.1, -0.05) is 37.4 Å². The van der Waals surface area contributed by atoms with Gasteiger partial charge >= 0.3 is 0 Å². The Hall–Kier alpha value is -0.970. The Morgan fingerprint density at radius 2 is 2.00 bits per heavy atom. The van der Waals surface area contributed by atoms with Crippen LogP contribution in [0.4, 0.5) is 0 Å². The van der Waals surface area contributed by atoms with Gasteiger partial charge in [-0.2, -0.15) is 0 Å². The Morgan fingerprint density at radius 3 is 2.43 bits per heavy atom. The van der Waals surface area contributed by atoms with Crippen molar-refractivity contribution in [3.8, 4) is 0 Å². The van der Waals surface area contributed by atoms with Gasteiger partial charge in [0.15, 0.2) is 8.77 Å². The minimum absolute atomic E-state index is 0.222. The molecule has 14 heavy (non-hydrogen) atoms. The molecule has 0 aliphatic rings. The van der Waals surface area contributed by atoms with Crippen LogP contribution in [0, 0.1) is 0 Å². The summed E-state index contributed by atoms with van der Waals surface area (Å²) in [7, 11) is -3.36. The van der Waals surface area contributed by atoms with Crippen LogP contribution in [-0.2, 0) is 20.0 Å². The fourth-order valence-corrected chi connectivity index (χ4v) is 2.35. The second-order valence-corrected chi connectivity index (χ2v) is 5.39. The molecule has 4 heteroatoms. The Labute approximate surface area is 88.5 Å². The number of hydrogen-bond donors (Lipinski definition) is 1. The van der Waals surface area contributed by atoms with Crippen molar-refractivity contribution < 1.29 is 8.76 Å². The average Bonchev–Trinajstić information content (AvgIpc) is 2.15. The highest BCUT2D eigenvalue weighted by Gasteiger charge is 2.11. The van der Waals surface area contributed by atoms with Crippen molar-refractivity contribution in [1.82, 2.24) is 0 Å². The molecule has 74 valence electrons. The highest BCUT2D eigenvalue weighted by Crippen LogP contribution is 2.21. The van der Waals surface area contributed by atoms with Crippen LogP contribution >= 0.6 is 0 Å². The lowest BCUT2D eigenvalue weighted by Crippen LogP contribution is -2.00. The molecule has 1 rings (SSSR count). The minimum atomic E-state index is -3.36. The van der Waals surface area contributed by atoms with Crippen molar-refractivity contribution in [2.75, 3.05) is 0 Å². The summed E-state index contributed by atoms with van der Waals surface area (Å²) in [6.07, 6.45) is 3.11. The van der Waals surface area contributed by atoms with E-state index in [4.69, 9.17) is 0 Å². The zero-order valence-electron chi connectivity index (χ0n) is 7.47. The third kappa shape index (κ3) is 2.09. The molecule has 2 nitrogen and oxygen atoms in total. The van der Waals surface area contributed by atoms with Gasteiger partial charge in [0.1, 0.15) is 0 Å². The summed E-state index contributed by atoms with van der Waals surface area (Å²) in [6.45, 7) is 7.19. The van der Waals surface area contributed by atoms with Gasteiger partial charge in [0.2, 0.25) is 0 Å². The highest BCUT2D eigenvalue weighted by atomic mass is 32.8. The zero-order valence-corrected chi connectivity index (χ0v) is 9.11. The molecule has 1 aromatic rings. The molecular formula is C10H10O2S2. The summed E-state index contributed by atoms with van der Waals surface area (Å²) >= 11 is 4.51. The normalized spacial score (nSPS) is 14.4. The third-order valence-corrected chi connectivity index (χ3v) is 3.25. The van der Waals surface area contributed by atoms with E-state index < -0.39 is 8.77 Å². The van der Waals surface area contributed by atoms with E-state index in [1.54, 1.807) is 18.2 Å². The van der Waals surface area contributed by atoms with Crippen molar-refractivity contribution in [1.29, 1.82) is 0 Å². The molecule has 0 aromatic heterocycles. The maximum atomic E-state index is 11.3. The van der Waals surface area contributed by atoms with Crippen LogP contribution in [0.1, 0.15) is 11.1 Å². The van der Waals surface area contributed by atoms with Crippen molar-refractivity contribution in [3.05, 3.63) is 42.5 Å². The molecule has 1 N–H and O–H groups in total. The summed E-state index contributed by atoms with van der Waals surface area (Å²) in [5, 5.41) is 0. The molecule has 0 bridgehead atoms. The van der Waals surface area contributed by atoms with Crippen LogP contribution in [0.25, 0.3) is 12.2 Å². The van der Waals surface area contributed by atoms with Gasteiger partial charge in [0, 0.05) is 11.2 Å². The minimum Gasteiger partial charge on any atom is -0.302 e. The Balaban J connectivity index is 3.61. The van der Waals surface area contributed by atoms with Gasteiger partial charge in [-0.3, -0.25) is 0 Å². The first-order valence-electron chi connectivity index (χ1n) is 3.86.